The maximum absolute atomic E-state index is 3.84. The van der Waals surface area contributed by atoms with Gasteiger partial charge in [0.05, 0.1) is 0 Å². The molecule has 112 valence electrons. The molecule has 0 bridgehead atoms. The largest absolute Gasteiger partial charge is 0.313 e. The van der Waals surface area contributed by atoms with E-state index in [1.165, 1.54) is 70.1 Å². The van der Waals surface area contributed by atoms with Gasteiger partial charge in [-0.3, -0.25) is 0 Å². The Kier molecular flexibility index (Phi) is 7.07. The van der Waals surface area contributed by atoms with Crippen LogP contribution in [0, 0.1) is 11.8 Å². The minimum Gasteiger partial charge on any atom is -0.313 e. The average Bonchev–Trinajstić information content (AvgIpc) is 2.93. The summed E-state index contributed by atoms with van der Waals surface area (Å²) in [5.41, 5.74) is 0. The molecule has 2 saturated carbocycles. The van der Waals surface area contributed by atoms with Crippen molar-refractivity contribution < 1.29 is 0 Å². The fourth-order valence-corrected chi connectivity index (χ4v) is 5.49. The topological polar surface area (TPSA) is 12.0 Å². The second-order valence-electron chi connectivity index (χ2n) is 6.83. The molecule has 2 aliphatic carbocycles. The Morgan fingerprint density at radius 3 is 2.58 bits per heavy atom. The first kappa shape index (κ1) is 15.7. The average molecular weight is 284 g/mol. The molecular weight excluding hydrogens is 250 g/mol. The summed E-state index contributed by atoms with van der Waals surface area (Å²) in [5.74, 6) is 3.31. The van der Waals surface area contributed by atoms with Crippen molar-refractivity contribution >= 4 is 11.8 Å². The van der Waals surface area contributed by atoms with Gasteiger partial charge >= 0.3 is 0 Å². The van der Waals surface area contributed by atoms with E-state index in [4.69, 9.17) is 0 Å². The van der Waals surface area contributed by atoms with Crippen molar-refractivity contribution in [2.75, 3.05) is 12.3 Å². The maximum atomic E-state index is 3.84. The molecule has 1 N–H and O–H groups in total. The Morgan fingerprint density at radius 1 is 1.11 bits per heavy atom. The molecule has 19 heavy (non-hydrogen) atoms. The third kappa shape index (κ3) is 5.30. The zero-order valence-corrected chi connectivity index (χ0v) is 13.8. The van der Waals surface area contributed by atoms with Gasteiger partial charge in [-0.1, -0.05) is 39.5 Å². The molecule has 2 rings (SSSR count). The van der Waals surface area contributed by atoms with Gasteiger partial charge in [0.1, 0.15) is 0 Å². The third-order valence-electron chi connectivity index (χ3n) is 5.03. The van der Waals surface area contributed by atoms with Gasteiger partial charge in [0.25, 0.3) is 0 Å². The van der Waals surface area contributed by atoms with Crippen molar-refractivity contribution in [2.24, 2.45) is 11.8 Å². The fourth-order valence-electron chi connectivity index (χ4n) is 3.82. The summed E-state index contributed by atoms with van der Waals surface area (Å²) >= 11 is 2.28. The van der Waals surface area contributed by atoms with Gasteiger partial charge < -0.3 is 5.32 Å². The third-order valence-corrected chi connectivity index (χ3v) is 6.48. The highest BCUT2D eigenvalue weighted by Crippen LogP contribution is 2.35. The van der Waals surface area contributed by atoms with E-state index in [0.29, 0.717) is 0 Å². The quantitative estimate of drug-likeness (QED) is 0.716. The monoisotopic (exact) mass is 283 g/mol. The van der Waals surface area contributed by atoms with Crippen molar-refractivity contribution in [3.63, 3.8) is 0 Å². The smallest absolute Gasteiger partial charge is 0.0186 e. The van der Waals surface area contributed by atoms with Crippen LogP contribution in [0.15, 0.2) is 0 Å². The van der Waals surface area contributed by atoms with Gasteiger partial charge in [-0.25, -0.2) is 0 Å². The highest BCUT2D eigenvalue weighted by Gasteiger charge is 2.26. The standard InChI is InChI=1S/C17H33NS/c1-3-11-18-17(15-8-4-5-9-15)13-19-16-10-6-7-14(2)12-16/h14-18H,3-13H2,1-2H3. The summed E-state index contributed by atoms with van der Waals surface area (Å²) < 4.78 is 0. The van der Waals surface area contributed by atoms with Crippen molar-refractivity contribution in [3.8, 4) is 0 Å². The molecular formula is C17H33NS. The minimum atomic E-state index is 0.796. The van der Waals surface area contributed by atoms with E-state index in [2.05, 4.69) is 30.9 Å². The molecule has 3 unspecified atom stereocenters. The highest BCUT2D eigenvalue weighted by atomic mass is 32.2. The van der Waals surface area contributed by atoms with Crippen molar-refractivity contribution in [1.29, 1.82) is 0 Å². The number of thioether (sulfide) groups is 1. The Labute approximate surface area is 124 Å². The first-order valence-electron chi connectivity index (χ1n) is 8.64. The lowest BCUT2D eigenvalue weighted by molar-refractivity contribution is 0.380. The molecule has 1 nitrogen and oxygen atoms in total. The summed E-state index contributed by atoms with van der Waals surface area (Å²) in [6, 6.07) is 0.796. The van der Waals surface area contributed by atoms with Crippen LogP contribution in [-0.4, -0.2) is 23.6 Å². The van der Waals surface area contributed by atoms with Crippen LogP contribution in [0.25, 0.3) is 0 Å². The van der Waals surface area contributed by atoms with Crippen molar-refractivity contribution in [2.45, 2.75) is 82.9 Å². The van der Waals surface area contributed by atoms with Gasteiger partial charge in [0.2, 0.25) is 0 Å². The van der Waals surface area contributed by atoms with Gasteiger partial charge in [-0.2, -0.15) is 11.8 Å². The van der Waals surface area contributed by atoms with E-state index in [1.807, 2.05) is 0 Å². The Hall–Kier alpha value is 0.310. The maximum Gasteiger partial charge on any atom is 0.0186 e. The summed E-state index contributed by atoms with van der Waals surface area (Å²) in [7, 11) is 0. The molecule has 2 heteroatoms. The van der Waals surface area contributed by atoms with Gasteiger partial charge in [-0.05, 0) is 50.5 Å². The van der Waals surface area contributed by atoms with E-state index >= 15 is 0 Å². The van der Waals surface area contributed by atoms with Crippen LogP contribution in [0.3, 0.4) is 0 Å². The van der Waals surface area contributed by atoms with Crippen LogP contribution in [0.5, 0.6) is 0 Å². The summed E-state index contributed by atoms with van der Waals surface area (Å²) in [4.78, 5) is 0. The number of hydrogen-bond acceptors (Lipinski definition) is 2. The first-order valence-corrected chi connectivity index (χ1v) is 9.69. The second-order valence-corrected chi connectivity index (χ2v) is 8.17. The molecule has 0 saturated heterocycles. The summed E-state index contributed by atoms with van der Waals surface area (Å²) in [6.45, 7) is 5.94. The van der Waals surface area contributed by atoms with E-state index in [-0.39, 0.29) is 0 Å². The lowest BCUT2D eigenvalue weighted by atomic mass is 9.91. The molecule has 0 amide bonds. The number of nitrogens with one attached hydrogen (secondary N) is 1. The van der Waals surface area contributed by atoms with E-state index in [1.54, 1.807) is 0 Å². The van der Waals surface area contributed by atoms with E-state index in [0.717, 1.165) is 23.1 Å². The SMILES string of the molecule is CCCNC(CSC1CCCC(C)C1)C1CCCC1. The molecule has 0 heterocycles. The van der Waals surface area contributed by atoms with Gasteiger partial charge in [0, 0.05) is 17.0 Å². The molecule has 0 aliphatic heterocycles. The van der Waals surface area contributed by atoms with E-state index < -0.39 is 0 Å². The molecule has 0 aromatic heterocycles. The summed E-state index contributed by atoms with van der Waals surface area (Å²) in [5, 5.41) is 4.80. The predicted octanol–water partition coefficient (Wildman–Crippen LogP) is 4.86. The van der Waals surface area contributed by atoms with Crippen LogP contribution in [-0.2, 0) is 0 Å². The summed E-state index contributed by atoms with van der Waals surface area (Å²) in [6.07, 6.45) is 13.0. The Bertz CT molecular complexity index is 237. The van der Waals surface area contributed by atoms with Gasteiger partial charge in [-0.15, -0.1) is 0 Å². The Balaban J connectivity index is 1.74. The predicted molar refractivity (Wildman–Crippen MR) is 87.9 cm³/mol. The molecule has 0 aromatic rings. The molecule has 0 spiro atoms. The fraction of sp³-hybridized carbons (Fsp3) is 1.00. The molecule has 0 aromatic carbocycles. The van der Waals surface area contributed by atoms with E-state index in [9.17, 15) is 0 Å². The van der Waals surface area contributed by atoms with Crippen LogP contribution in [0.4, 0.5) is 0 Å². The molecule has 3 atom stereocenters. The van der Waals surface area contributed by atoms with Crippen LogP contribution in [0.2, 0.25) is 0 Å². The highest BCUT2D eigenvalue weighted by molar-refractivity contribution is 7.99. The van der Waals surface area contributed by atoms with Crippen LogP contribution >= 0.6 is 11.8 Å². The zero-order chi connectivity index (χ0) is 13.5. The minimum absolute atomic E-state index is 0.796. The number of hydrogen-bond donors (Lipinski definition) is 1. The van der Waals surface area contributed by atoms with Crippen LogP contribution < -0.4 is 5.32 Å². The van der Waals surface area contributed by atoms with Crippen molar-refractivity contribution in [1.82, 2.24) is 5.32 Å². The zero-order valence-electron chi connectivity index (χ0n) is 13.0. The Morgan fingerprint density at radius 2 is 1.89 bits per heavy atom. The molecule has 0 radical (unpaired) electrons. The van der Waals surface area contributed by atoms with Gasteiger partial charge in [0.15, 0.2) is 0 Å². The molecule has 2 fully saturated rings. The lowest BCUT2D eigenvalue weighted by Crippen LogP contribution is -2.38. The normalized spacial score (nSPS) is 30.6. The number of rotatable bonds is 7. The van der Waals surface area contributed by atoms with Crippen molar-refractivity contribution in [3.05, 3.63) is 0 Å². The lowest BCUT2D eigenvalue weighted by Gasteiger charge is -2.30. The second kappa shape index (κ2) is 8.56. The van der Waals surface area contributed by atoms with Crippen LogP contribution in [0.1, 0.15) is 71.6 Å². The first-order chi connectivity index (χ1) is 9.29. The molecule has 2 aliphatic rings.